The molecule has 0 aliphatic carbocycles. The molecule has 1 atom stereocenters. The summed E-state index contributed by atoms with van der Waals surface area (Å²) in [5.41, 5.74) is 1.50. The third-order valence-electron chi connectivity index (χ3n) is 3.98. The molecule has 2 aromatic rings. The third kappa shape index (κ3) is 5.07. The van der Waals surface area contributed by atoms with Gasteiger partial charge in [0.25, 0.3) is 0 Å². The highest BCUT2D eigenvalue weighted by molar-refractivity contribution is 5.93. The molecule has 0 aromatic heterocycles. The summed E-state index contributed by atoms with van der Waals surface area (Å²) < 4.78 is 5.16. The van der Waals surface area contributed by atoms with Gasteiger partial charge in [0.2, 0.25) is 11.8 Å². The summed E-state index contributed by atoms with van der Waals surface area (Å²) in [4.78, 5) is 28.4. The number of amides is 2. The summed E-state index contributed by atoms with van der Waals surface area (Å²) in [5.74, 6) is 0.391. The number of carbonyl (C=O) groups is 2. The van der Waals surface area contributed by atoms with Crippen molar-refractivity contribution in [3.8, 4) is 5.75 Å². The lowest BCUT2D eigenvalue weighted by Crippen LogP contribution is -2.41. The number of benzene rings is 2. The van der Waals surface area contributed by atoms with E-state index in [1.165, 1.54) is 4.90 Å². The molecule has 2 rings (SSSR count). The zero-order valence-electron chi connectivity index (χ0n) is 15.6. The predicted molar refractivity (Wildman–Crippen MR) is 102 cm³/mol. The number of nitrogens with zero attached hydrogens (tertiary/aromatic N) is 2. The molecule has 0 bridgehead atoms. The second-order valence-electron chi connectivity index (χ2n) is 6.24. The lowest BCUT2D eigenvalue weighted by molar-refractivity contribution is -0.134. The Balaban J connectivity index is 2.11. The van der Waals surface area contributed by atoms with Gasteiger partial charge < -0.3 is 15.0 Å². The van der Waals surface area contributed by atoms with Crippen molar-refractivity contribution in [2.24, 2.45) is 0 Å². The monoisotopic (exact) mass is 355 g/mol. The summed E-state index contributed by atoms with van der Waals surface area (Å²) in [5, 5.41) is 2.84. The first-order valence-electron chi connectivity index (χ1n) is 8.32. The van der Waals surface area contributed by atoms with Crippen LogP contribution >= 0.6 is 0 Å². The maximum atomic E-state index is 12.6. The van der Waals surface area contributed by atoms with E-state index in [2.05, 4.69) is 5.32 Å². The SMILES string of the molecule is COc1cccc(NC(=O)CN(C)C(C(=O)N(C)C)c2ccccc2)c1. The van der Waals surface area contributed by atoms with Crippen LogP contribution in [0.2, 0.25) is 0 Å². The highest BCUT2D eigenvalue weighted by Gasteiger charge is 2.27. The molecule has 0 radical (unpaired) electrons. The zero-order valence-corrected chi connectivity index (χ0v) is 15.6. The van der Waals surface area contributed by atoms with Gasteiger partial charge in [-0.05, 0) is 24.7 Å². The van der Waals surface area contributed by atoms with E-state index in [0.717, 1.165) is 5.56 Å². The Kier molecular flexibility index (Phi) is 6.74. The number of rotatable bonds is 7. The molecule has 0 saturated heterocycles. The van der Waals surface area contributed by atoms with E-state index in [4.69, 9.17) is 4.74 Å². The van der Waals surface area contributed by atoms with Crippen molar-refractivity contribution in [3.63, 3.8) is 0 Å². The van der Waals surface area contributed by atoms with Crippen LogP contribution in [0, 0.1) is 0 Å². The normalized spacial score (nSPS) is 11.7. The third-order valence-corrected chi connectivity index (χ3v) is 3.98. The van der Waals surface area contributed by atoms with Crippen molar-refractivity contribution in [3.05, 3.63) is 60.2 Å². The first-order valence-corrected chi connectivity index (χ1v) is 8.32. The molecular weight excluding hydrogens is 330 g/mol. The molecular formula is C20H25N3O3. The number of carbonyl (C=O) groups excluding carboxylic acids is 2. The smallest absolute Gasteiger partial charge is 0.244 e. The Labute approximate surface area is 154 Å². The van der Waals surface area contributed by atoms with Gasteiger partial charge in [-0.2, -0.15) is 0 Å². The first-order chi connectivity index (χ1) is 12.4. The largest absolute Gasteiger partial charge is 0.497 e. The first kappa shape index (κ1) is 19.5. The Morgan fingerprint density at radius 3 is 2.35 bits per heavy atom. The summed E-state index contributed by atoms with van der Waals surface area (Å²) >= 11 is 0. The van der Waals surface area contributed by atoms with E-state index in [-0.39, 0.29) is 18.4 Å². The molecule has 0 heterocycles. The molecule has 1 N–H and O–H groups in total. The average Bonchev–Trinajstić information content (AvgIpc) is 2.62. The molecule has 0 aliphatic heterocycles. The fourth-order valence-corrected chi connectivity index (χ4v) is 2.68. The molecule has 138 valence electrons. The summed E-state index contributed by atoms with van der Waals surface area (Å²) in [6.45, 7) is 0.0797. The van der Waals surface area contributed by atoms with Crippen molar-refractivity contribution in [2.75, 3.05) is 40.1 Å². The molecule has 2 amide bonds. The Hall–Kier alpha value is -2.86. The number of nitrogens with one attached hydrogen (secondary N) is 1. The number of likely N-dealkylation sites (N-methyl/N-ethyl adjacent to an activating group) is 2. The molecule has 2 aromatic carbocycles. The minimum absolute atomic E-state index is 0.0760. The Morgan fingerprint density at radius 2 is 1.73 bits per heavy atom. The van der Waals surface area contributed by atoms with Gasteiger partial charge in [-0.25, -0.2) is 0 Å². The van der Waals surface area contributed by atoms with Gasteiger partial charge in [0.15, 0.2) is 0 Å². The standard InChI is InChI=1S/C20H25N3O3/c1-22(2)20(25)19(15-9-6-5-7-10-15)23(3)14-18(24)21-16-11-8-12-17(13-16)26-4/h5-13,19H,14H2,1-4H3,(H,21,24). The fourth-order valence-electron chi connectivity index (χ4n) is 2.68. The molecule has 0 spiro atoms. The van der Waals surface area contributed by atoms with E-state index < -0.39 is 6.04 Å². The number of methoxy groups -OCH3 is 1. The van der Waals surface area contributed by atoms with Gasteiger partial charge in [-0.15, -0.1) is 0 Å². The highest BCUT2D eigenvalue weighted by Crippen LogP contribution is 2.22. The van der Waals surface area contributed by atoms with Gasteiger partial charge in [-0.3, -0.25) is 14.5 Å². The van der Waals surface area contributed by atoms with Crippen molar-refractivity contribution >= 4 is 17.5 Å². The van der Waals surface area contributed by atoms with Gasteiger partial charge in [0.1, 0.15) is 11.8 Å². The predicted octanol–water partition coefficient (Wildman–Crippen LogP) is 2.39. The summed E-state index contributed by atoms with van der Waals surface area (Å²) in [6, 6.07) is 16.1. The fraction of sp³-hybridized carbons (Fsp3) is 0.300. The molecule has 0 fully saturated rings. The topological polar surface area (TPSA) is 61.9 Å². The van der Waals surface area contributed by atoms with Crippen LogP contribution in [0.4, 0.5) is 5.69 Å². The van der Waals surface area contributed by atoms with E-state index in [9.17, 15) is 9.59 Å². The van der Waals surface area contributed by atoms with Crippen LogP contribution < -0.4 is 10.1 Å². The van der Waals surface area contributed by atoms with Crippen molar-refractivity contribution in [1.82, 2.24) is 9.80 Å². The summed E-state index contributed by atoms with van der Waals surface area (Å²) in [7, 11) is 6.76. The number of ether oxygens (including phenoxy) is 1. The van der Waals surface area contributed by atoms with E-state index in [1.54, 1.807) is 51.4 Å². The van der Waals surface area contributed by atoms with Gasteiger partial charge >= 0.3 is 0 Å². The molecule has 6 nitrogen and oxygen atoms in total. The molecule has 1 unspecified atom stereocenters. The van der Waals surface area contributed by atoms with Crippen LogP contribution in [-0.2, 0) is 9.59 Å². The quantitative estimate of drug-likeness (QED) is 0.828. The molecule has 26 heavy (non-hydrogen) atoms. The molecule has 0 aliphatic rings. The van der Waals surface area contributed by atoms with Crippen LogP contribution in [0.15, 0.2) is 54.6 Å². The van der Waals surface area contributed by atoms with E-state index >= 15 is 0 Å². The molecule has 0 saturated carbocycles. The summed E-state index contributed by atoms with van der Waals surface area (Å²) in [6.07, 6.45) is 0. The van der Waals surface area contributed by atoms with Crippen molar-refractivity contribution < 1.29 is 14.3 Å². The minimum Gasteiger partial charge on any atom is -0.497 e. The van der Waals surface area contributed by atoms with Crippen molar-refractivity contribution in [1.29, 1.82) is 0 Å². The van der Waals surface area contributed by atoms with Crippen molar-refractivity contribution in [2.45, 2.75) is 6.04 Å². The lowest BCUT2D eigenvalue weighted by atomic mass is 10.0. The lowest BCUT2D eigenvalue weighted by Gasteiger charge is -2.29. The second kappa shape index (κ2) is 9.01. The van der Waals surface area contributed by atoms with Crippen LogP contribution in [0.3, 0.4) is 0 Å². The maximum Gasteiger partial charge on any atom is 0.244 e. The molecule has 6 heteroatoms. The van der Waals surface area contributed by atoms with Crippen LogP contribution in [0.5, 0.6) is 5.75 Å². The van der Waals surface area contributed by atoms with Crippen LogP contribution in [0.1, 0.15) is 11.6 Å². The van der Waals surface area contributed by atoms with Gasteiger partial charge in [-0.1, -0.05) is 36.4 Å². The van der Waals surface area contributed by atoms with Crippen LogP contribution in [-0.4, -0.2) is 56.4 Å². The highest BCUT2D eigenvalue weighted by atomic mass is 16.5. The van der Waals surface area contributed by atoms with Gasteiger partial charge in [0.05, 0.1) is 13.7 Å². The Morgan fingerprint density at radius 1 is 1.04 bits per heavy atom. The Bertz CT molecular complexity index is 747. The average molecular weight is 355 g/mol. The second-order valence-corrected chi connectivity index (χ2v) is 6.24. The van der Waals surface area contributed by atoms with Gasteiger partial charge in [0, 0.05) is 25.8 Å². The number of hydrogen-bond acceptors (Lipinski definition) is 4. The van der Waals surface area contributed by atoms with E-state index in [0.29, 0.717) is 11.4 Å². The van der Waals surface area contributed by atoms with Crippen LogP contribution in [0.25, 0.3) is 0 Å². The maximum absolute atomic E-state index is 12.6. The van der Waals surface area contributed by atoms with E-state index in [1.807, 2.05) is 36.4 Å². The number of anilines is 1. The number of hydrogen-bond donors (Lipinski definition) is 1. The zero-order chi connectivity index (χ0) is 19.1. The minimum atomic E-state index is -0.526.